The Morgan fingerprint density at radius 1 is 0.493 bits per heavy atom. The Morgan fingerprint density at radius 2 is 0.881 bits per heavy atom. The second-order valence-electron chi connectivity index (χ2n) is 40.1. The van der Waals surface area contributed by atoms with E-state index < -0.39 is 139 Å². The highest BCUT2D eigenvalue weighted by atomic mass is 16.8. The van der Waals surface area contributed by atoms with Crippen molar-refractivity contribution in [3.8, 4) is 0 Å². The van der Waals surface area contributed by atoms with E-state index >= 15 is 0 Å². The first-order valence-corrected chi connectivity index (χ1v) is 48.8. The van der Waals surface area contributed by atoms with Crippen molar-refractivity contribution in [2.75, 3.05) is 55.7 Å². The van der Waals surface area contributed by atoms with Gasteiger partial charge >= 0.3 is 17.9 Å². The lowest BCUT2D eigenvalue weighted by atomic mass is 9.71. The highest BCUT2D eigenvalue weighted by Crippen LogP contribution is 2.51. The number of carbonyl (C=O) groups is 3. The van der Waals surface area contributed by atoms with Crippen molar-refractivity contribution in [3.63, 3.8) is 0 Å². The molecule has 134 heavy (non-hydrogen) atoms. The summed E-state index contributed by atoms with van der Waals surface area (Å²) in [6.07, 6.45) is 20.5. The van der Waals surface area contributed by atoms with E-state index in [0.29, 0.717) is 92.1 Å². The van der Waals surface area contributed by atoms with Crippen LogP contribution in [0.4, 0.5) is 0 Å². The molecule has 2 aliphatic carbocycles. The number of hydrogen-bond acceptors (Lipinski definition) is 29. The van der Waals surface area contributed by atoms with E-state index in [1.54, 1.807) is 96.9 Å². The van der Waals surface area contributed by atoms with Crippen LogP contribution in [0.2, 0.25) is 0 Å². The third-order valence-corrected chi connectivity index (χ3v) is 30.2. The van der Waals surface area contributed by atoms with E-state index in [4.69, 9.17) is 99.8 Å². The molecule has 2 spiro atoms. The normalized spacial score (nSPS) is 45.6. The van der Waals surface area contributed by atoms with E-state index in [1.807, 2.05) is 78.2 Å². The molecule has 0 unspecified atom stereocenters. The van der Waals surface area contributed by atoms with Crippen LogP contribution >= 0.6 is 0 Å². The van der Waals surface area contributed by atoms with Gasteiger partial charge in [0.05, 0.1) is 116 Å². The van der Waals surface area contributed by atoms with E-state index in [0.717, 1.165) is 17.6 Å². The zero-order valence-corrected chi connectivity index (χ0v) is 82.6. The summed E-state index contributed by atoms with van der Waals surface area (Å²) in [6.45, 7) is 32.7. The van der Waals surface area contributed by atoms with Crippen LogP contribution in [0.5, 0.6) is 0 Å². The lowest BCUT2D eigenvalue weighted by Crippen LogP contribution is -2.58. The van der Waals surface area contributed by atoms with Gasteiger partial charge in [-0.1, -0.05) is 153 Å². The molecule has 748 valence electrons. The fraction of sp³-hybridized carbons (Fsp3) is 0.721. The van der Waals surface area contributed by atoms with E-state index in [1.165, 1.54) is 0 Å². The zero-order valence-electron chi connectivity index (χ0n) is 82.6. The number of aliphatic hydroxyl groups is 4. The number of carboxylic acid groups (broad SMARTS) is 1. The van der Waals surface area contributed by atoms with Crippen molar-refractivity contribution in [1.29, 1.82) is 0 Å². The summed E-state index contributed by atoms with van der Waals surface area (Å²) in [5.74, 6) is -5.95. The van der Waals surface area contributed by atoms with Gasteiger partial charge in [-0.05, 0) is 152 Å². The molecular formula is C104H154N2O28. The summed E-state index contributed by atoms with van der Waals surface area (Å²) in [5, 5.41) is 62.5. The molecule has 15 rings (SSSR count). The molecule has 30 nitrogen and oxygen atoms in total. The molecule has 39 atom stereocenters. The smallest absolute Gasteiger partial charge is 0.335 e. The van der Waals surface area contributed by atoms with Crippen LogP contribution in [-0.4, -0.2) is 293 Å². The molecule has 0 amide bonds. The number of benzene rings is 1. The van der Waals surface area contributed by atoms with Crippen LogP contribution in [0.3, 0.4) is 0 Å². The predicted octanol–water partition coefficient (Wildman–Crippen LogP) is 12.2. The number of nitrogens with one attached hydrogen (secondary N) is 2. The molecule has 12 heterocycles. The molecule has 1 aromatic carbocycles. The van der Waals surface area contributed by atoms with Crippen molar-refractivity contribution in [2.45, 2.75) is 376 Å². The van der Waals surface area contributed by atoms with Crippen molar-refractivity contribution in [1.82, 2.24) is 10.6 Å². The van der Waals surface area contributed by atoms with Crippen molar-refractivity contribution in [2.24, 2.45) is 47.3 Å². The Bertz CT molecular complexity index is 4410. The molecule has 4 bridgehead atoms. The Hall–Kier alpha value is -5.93. The number of carboxylic acids is 1. The quantitative estimate of drug-likeness (QED) is 0.0530. The summed E-state index contributed by atoms with van der Waals surface area (Å²) in [5.41, 5.74) is 0.686. The summed E-state index contributed by atoms with van der Waals surface area (Å²) < 4.78 is 129. The van der Waals surface area contributed by atoms with Crippen LogP contribution in [0.15, 0.2) is 149 Å². The first kappa shape index (κ1) is 105. The summed E-state index contributed by atoms with van der Waals surface area (Å²) >= 11 is 0. The number of ether oxygens (including phenoxy) is 20. The minimum absolute atomic E-state index is 0.0407. The molecule has 0 saturated carbocycles. The van der Waals surface area contributed by atoms with Crippen molar-refractivity contribution < 1.29 is 135 Å². The molecular weight excluding hydrogens is 1730 g/mol. The summed E-state index contributed by atoms with van der Waals surface area (Å²) in [6, 6.07) is 8.38. The lowest BCUT2D eigenvalue weighted by molar-refractivity contribution is -0.312. The van der Waals surface area contributed by atoms with Gasteiger partial charge in [0.25, 0.3) is 0 Å². The van der Waals surface area contributed by atoms with E-state index in [9.17, 15) is 34.8 Å². The average Bonchev–Trinajstić information content (AvgIpc) is 1.56. The lowest BCUT2D eigenvalue weighted by Gasteiger charge is -2.48. The zero-order chi connectivity index (χ0) is 96.7. The Kier molecular flexibility index (Phi) is 36.0. The van der Waals surface area contributed by atoms with Crippen LogP contribution in [-0.2, 0) is 104 Å². The molecule has 30 heteroatoms. The second-order valence-corrected chi connectivity index (χ2v) is 40.1. The van der Waals surface area contributed by atoms with Crippen LogP contribution in [0, 0.1) is 47.3 Å². The highest BCUT2D eigenvalue weighted by Gasteiger charge is 2.63. The van der Waals surface area contributed by atoms with Gasteiger partial charge in [0.15, 0.2) is 36.7 Å². The fourth-order valence-corrected chi connectivity index (χ4v) is 22.5. The number of esters is 2. The number of rotatable bonds is 18. The Morgan fingerprint density at radius 3 is 1.26 bits per heavy atom. The number of methoxy groups -OCH3 is 4. The van der Waals surface area contributed by atoms with Gasteiger partial charge in [-0.3, -0.25) is 9.59 Å². The van der Waals surface area contributed by atoms with E-state index in [-0.39, 0.29) is 134 Å². The Balaban J connectivity index is 0.000000207. The third kappa shape index (κ3) is 23.4. The maximum Gasteiger partial charge on any atom is 0.335 e. The number of likely N-dealkylation sites (N-methyl/N-ethyl adjacent to an activating group) is 2. The fourth-order valence-electron chi connectivity index (χ4n) is 22.5. The Labute approximate surface area is 792 Å². The molecule has 8 fully saturated rings. The number of aliphatic hydroxyl groups excluding tert-OH is 2. The van der Waals surface area contributed by atoms with Gasteiger partial charge in [0.2, 0.25) is 0 Å². The largest absolute Gasteiger partial charge is 0.478 e. The van der Waals surface area contributed by atoms with Gasteiger partial charge in [0, 0.05) is 103 Å². The van der Waals surface area contributed by atoms with Gasteiger partial charge < -0.3 is 131 Å². The maximum absolute atomic E-state index is 14.4. The first-order chi connectivity index (χ1) is 63.8. The first-order valence-electron chi connectivity index (χ1n) is 48.8. The highest BCUT2D eigenvalue weighted by molar-refractivity contribution is 5.87. The number of allylic oxidation sites excluding steroid dienone is 4. The molecule has 0 radical (unpaired) electrons. The standard InChI is InChI=1S/C49H75NO13.C48H73NO13.C7H6O2/c1-12-26(2)44-29(5)18-19-48(63-44)24-35-21-34(62-48)17-16-28(4)43(27(3)14-13-15-33-25-56-46-42(51)30(6)20-36(47(52)59-35)49(33,46)53)60-40-23-38(55-11)45(32(8)58-40)61-39-22-37(54-10)41(50-9)31(7)57-39;1-25(2)42-28(5)17-18-47(62-42)23-34-20-33(61-47)16-15-27(4)43(26(3)13-12-14-32-24-55-45-41(50)29(6)19-35(46(51)58-34)48(32,45)52)59-39-22-37(54-11)44(31(8)57-39)60-38-21-36(53-10)40(49-9)30(7)56-38;8-7(9)6-4-2-1-3-5-6/h13-16,18-20,26-27,29,31-32,34-46,50-51,53H,12,17,21-25H2,1-11H3;12-15,17-19,25-26,28,30-31,33-45,49-50,52H,16,20-24H2,1-11H3;1-5H,(H,8,9)/b14-13+,28-16+,33-15+;13-12-,27-15-,32-14?;/t26-,27-,29-,31+,32-,34+,35-,36-,37+,38-,39-,40-,41+,42+,43-,44+,45-,46+,48+,49+;26-,28-,30+,31-,33+,34-,35-,36+,37-,38-,39-,40+,41+,42+,43-,44-,45+,47+,48+;/m00./s1. The van der Waals surface area contributed by atoms with Crippen LogP contribution in [0.1, 0.15) is 192 Å². The minimum atomic E-state index is -1.83. The predicted molar refractivity (Wildman–Crippen MR) is 497 cm³/mol. The monoisotopic (exact) mass is 1880 g/mol. The second kappa shape index (κ2) is 45.8. The molecule has 7 N–H and O–H groups in total. The SMILES string of the molecule is CC[C@H](C)[C@H]1O[C@]2(C=C[C@@H]1C)C[C@@H]1C[C@@H](C/C=C(\C)[C@@H](O[C@H]3C[C@H](OC)[C@@H](O[C@H]4C[C@@H](OC)[C@H](NC)[C@@H](C)O4)[C@H](C)O3)[C@@H](C)/C=C/C=C3\CO[C@@H]4[C@H](O)C(C)=C[C@@H](C(=O)O1)[C@]34O)O2.CN[C@@H]1[C@@H](C)O[C@@H](O[C@H]2[C@H](C)O[C@@H](O[C@@H]3/C(C)=C\C[C@@H]4C[C@@H](C[C@]5(C=C[C@H](C)[C@@H](C(C)C)O5)O4)OC(=O)[C@@H]4C=C(C)[C@@H](O)[C@H]5OCC(=C/C=C\[C@@H]3C)[C@]54O)C[C@@H]2OC)C[C@H]1OC.O=C(O)c1ccccc1. The third-order valence-electron chi connectivity index (χ3n) is 30.2. The van der Waals surface area contributed by atoms with Gasteiger partial charge in [0.1, 0.15) is 71.9 Å². The van der Waals surface area contributed by atoms with Crippen molar-refractivity contribution in [3.05, 3.63) is 154 Å². The number of aromatic carboxylic acids is 1. The number of carbonyl (C=O) groups excluding carboxylic acids is 2. The molecule has 0 aromatic heterocycles. The van der Waals surface area contributed by atoms with Gasteiger partial charge in [-0.2, -0.15) is 0 Å². The number of hydrogen-bond donors (Lipinski definition) is 7. The summed E-state index contributed by atoms with van der Waals surface area (Å²) in [4.78, 5) is 38.9. The minimum Gasteiger partial charge on any atom is -0.478 e. The maximum atomic E-state index is 14.4. The van der Waals surface area contributed by atoms with E-state index in [2.05, 4.69) is 104 Å². The molecule has 14 aliphatic rings. The topological polar surface area (TPSA) is 361 Å². The van der Waals surface area contributed by atoms with Gasteiger partial charge in [-0.25, -0.2) is 4.79 Å². The molecule has 8 saturated heterocycles. The summed E-state index contributed by atoms with van der Waals surface area (Å²) in [7, 11) is 10.6. The van der Waals surface area contributed by atoms with Crippen LogP contribution in [0.25, 0.3) is 0 Å². The molecule has 1 aromatic rings. The van der Waals surface area contributed by atoms with Crippen molar-refractivity contribution >= 4 is 17.9 Å². The van der Waals surface area contributed by atoms with Gasteiger partial charge in [-0.15, -0.1) is 0 Å². The molecule has 12 aliphatic heterocycles. The van der Waals surface area contributed by atoms with Crippen LogP contribution < -0.4 is 10.6 Å². The number of fused-ring (bicyclic) bond motifs is 4. The average molecular weight is 1880 g/mol.